The van der Waals surface area contributed by atoms with Crippen LogP contribution in [0, 0.1) is 17.8 Å². The van der Waals surface area contributed by atoms with Crippen LogP contribution in [0.3, 0.4) is 0 Å². The van der Waals surface area contributed by atoms with Gasteiger partial charge in [-0.25, -0.2) is 0 Å². The highest BCUT2D eigenvalue weighted by atomic mass is 16.2. The monoisotopic (exact) mass is 276 g/mol. The normalized spacial score (nSPS) is 30.4. The number of carbonyl (C=O) groups is 3. The van der Waals surface area contributed by atoms with Crippen LogP contribution in [-0.4, -0.2) is 35.2 Å². The fraction of sp³-hybridized carbons (Fsp3) is 0.667. The summed E-state index contributed by atoms with van der Waals surface area (Å²) in [6, 6.07) is 0.138. The van der Waals surface area contributed by atoms with Crippen LogP contribution in [0.15, 0.2) is 12.2 Å². The van der Waals surface area contributed by atoms with E-state index in [2.05, 4.69) is 5.32 Å². The SMILES string of the molecule is CC(NC(=O)CN1C(=O)C2CC=CCC2C1=O)C1CC1. The summed E-state index contributed by atoms with van der Waals surface area (Å²) >= 11 is 0. The van der Waals surface area contributed by atoms with Crippen LogP contribution in [0.2, 0.25) is 0 Å². The molecule has 5 nitrogen and oxygen atoms in total. The van der Waals surface area contributed by atoms with E-state index in [1.807, 2.05) is 19.1 Å². The second kappa shape index (κ2) is 5.04. The van der Waals surface area contributed by atoms with E-state index in [4.69, 9.17) is 0 Å². The van der Waals surface area contributed by atoms with Gasteiger partial charge in [-0.15, -0.1) is 0 Å². The van der Waals surface area contributed by atoms with Gasteiger partial charge in [0.25, 0.3) is 0 Å². The van der Waals surface area contributed by atoms with E-state index in [0.717, 1.165) is 17.7 Å². The first-order valence-electron chi connectivity index (χ1n) is 7.37. The van der Waals surface area contributed by atoms with Gasteiger partial charge in [0.1, 0.15) is 6.54 Å². The molecule has 1 saturated heterocycles. The summed E-state index contributed by atoms with van der Waals surface area (Å²) in [5, 5.41) is 2.89. The fourth-order valence-electron chi connectivity index (χ4n) is 3.18. The Labute approximate surface area is 118 Å². The Hall–Kier alpha value is -1.65. The molecule has 0 spiro atoms. The molecule has 1 N–H and O–H groups in total. The van der Waals surface area contributed by atoms with Crippen molar-refractivity contribution in [3.8, 4) is 0 Å². The Balaban J connectivity index is 1.61. The molecule has 0 bridgehead atoms. The molecule has 0 aromatic rings. The second-order valence-corrected chi connectivity index (χ2v) is 6.11. The number of allylic oxidation sites excluding steroid dienone is 2. The number of hydrogen-bond acceptors (Lipinski definition) is 3. The molecule has 3 amide bonds. The first-order chi connectivity index (χ1) is 9.58. The van der Waals surface area contributed by atoms with Crippen molar-refractivity contribution in [2.24, 2.45) is 17.8 Å². The molecule has 2 aliphatic carbocycles. The maximum atomic E-state index is 12.2. The molecule has 0 aromatic carbocycles. The fourth-order valence-corrected chi connectivity index (χ4v) is 3.18. The molecule has 0 aromatic heterocycles. The molecule has 1 saturated carbocycles. The zero-order valence-corrected chi connectivity index (χ0v) is 11.7. The van der Waals surface area contributed by atoms with Gasteiger partial charge in [-0.05, 0) is 38.5 Å². The van der Waals surface area contributed by atoms with Crippen molar-refractivity contribution in [1.82, 2.24) is 10.2 Å². The van der Waals surface area contributed by atoms with Crippen molar-refractivity contribution in [2.75, 3.05) is 6.54 Å². The van der Waals surface area contributed by atoms with Gasteiger partial charge in [0.15, 0.2) is 0 Å². The highest BCUT2D eigenvalue weighted by molar-refractivity contribution is 6.07. The van der Waals surface area contributed by atoms with E-state index in [1.165, 1.54) is 0 Å². The molecule has 1 heterocycles. The summed E-state index contributed by atoms with van der Waals surface area (Å²) in [5.74, 6) is -0.520. The van der Waals surface area contributed by atoms with Crippen molar-refractivity contribution >= 4 is 17.7 Å². The molecule has 5 heteroatoms. The number of rotatable bonds is 4. The molecule has 0 radical (unpaired) electrons. The Kier molecular flexibility index (Phi) is 3.36. The minimum atomic E-state index is -0.249. The molecule has 1 aliphatic heterocycles. The third-order valence-electron chi connectivity index (χ3n) is 4.62. The lowest BCUT2D eigenvalue weighted by Crippen LogP contribution is -2.44. The lowest BCUT2D eigenvalue weighted by molar-refractivity contribution is -0.143. The molecule has 20 heavy (non-hydrogen) atoms. The van der Waals surface area contributed by atoms with E-state index in [9.17, 15) is 14.4 Å². The minimum Gasteiger partial charge on any atom is -0.352 e. The maximum Gasteiger partial charge on any atom is 0.240 e. The summed E-state index contributed by atoms with van der Waals surface area (Å²) in [6.45, 7) is 1.86. The number of hydrogen-bond donors (Lipinski definition) is 1. The van der Waals surface area contributed by atoms with Crippen molar-refractivity contribution in [3.63, 3.8) is 0 Å². The molecule has 3 rings (SSSR count). The average Bonchev–Trinajstić information content (AvgIpc) is 3.25. The van der Waals surface area contributed by atoms with Crippen LogP contribution >= 0.6 is 0 Å². The van der Waals surface area contributed by atoms with Crippen LogP contribution in [0.4, 0.5) is 0 Å². The molecule has 108 valence electrons. The van der Waals surface area contributed by atoms with Gasteiger partial charge in [0.2, 0.25) is 17.7 Å². The highest BCUT2D eigenvalue weighted by Gasteiger charge is 2.47. The second-order valence-electron chi connectivity index (χ2n) is 6.11. The van der Waals surface area contributed by atoms with Crippen LogP contribution < -0.4 is 5.32 Å². The quantitative estimate of drug-likeness (QED) is 0.611. The largest absolute Gasteiger partial charge is 0.352 e. The molecular weight excluding hydrogens is 256 g/mol. The van der Waals surface area contributed by atoms with Gasteiger partial charge in [0.05, 0.1) is 11.8 Å². The van der Waals surface area contributed by atoms with E-state index in [0.29, 0.717) is 18.8 Å². The van der Waals surface area contributed by atoms with Crippen LogP contribution in [0.25, 0.3) is 0 Å². The Morgan fingerprint density at radius 2 is 1.80 bits per heavy atom. The zero-order valence-electron chi connectivity index (χ0n) is 11.7. The smallest absolute Gasteiger partial charge is 0.240 e. The topological polar surface area (TPSA) is 66.5 Å². The Bertz CT molecular complexity index is 456. The number of nitrogens with one attached hydrogen (secondary N) is 1. The van der Waals surface area contributed by atoms with E-state index < -0.39 is 0 Å². The van der Waals surface area contributed by atoms with Gasteiger partial charge in [-0.3, -0.25) is 19.3 Å². The number of likely N-dealkylation sites (tertiary alicyclic amines) is 1. The van der Waals surface area contributed by atoms with Gasteiger partial charge in [-0.2, -0.15) is 0 Å². The van der Waals surface area contributed by atoms with Crippen molar-refractivity contribution < 1.29 is 14.4 Å². The molecule has 3 unspecified atom stereocenters. The van der Waals surface area contributed by atoms with Crippen molar-refractivity contribution in [1.29, 1.82) is 0 Å². The van der Waals surface area contributed by atoms with Crippen molar-refractivity contribution in [3.05, 3.63) is 12.2 Å². The molecule has 3 atom stereocenters. The lowest BCUT2D eigenvalue weighted by atomic mass is 9.85. The number of imide groups is 1. The third kappa shape index (κ3) is 2.37. The summed E-state index contributed by atoms with van der Waals surface area (Å²) in [5.41, 5.74) is 0. The summed E-state index contributed by atoms with van der Waals surface area (Å²) in [6.07, 6.45) is 7.44. The Morgan fingerprint density at radius 3 is 2.30 bits per heavy atom. The minimum absolute atomic E-state index is 0.123. The molecular formula is C15H20N2O3. The van der Waals surface area contributed by atoms with Gasteiger partial charge >= 0.3 is 0 Å². The third-order valence-corrected chi connectivity index (χ3v) is 4.62. The number of carbonyl (C=O) groups excluding carboxylic acids is 3. The molecule has 2 fully saturated rings. The van der Waals surface area contributed by atoms with Gasteiger partial charge in [-0.1, -0.05) is 12.2 Å². The van der Waals surface area contributed by atoms with Crippen molar-refractivity contribution in [2.45, 2.75) is 38.6 Å². The van der Waals surface area contributed by atoms with Crippen LogP contribution in [0.1, 0.15) is 32.6 Å². The predicted octanol–water partition coefficient (Wildman–Crippen LogP) is 0.852. The number of nitrogens with zero attached hydrogens (tertiary/aromatic N) is 1. The van der Waals surface area contributed by atoms with Crippen LogP contribution in [0.5, 0.6) is 0 Å². The highest BCUT2D eigenvalue weighted by Crippen LogP contribution is 2.35. The standard InChI is InChI=1S/C15H20N2O3/c1-9(10-6-7-10)16-13(18)8-17-14(19)11-4-2-3-5-12(11)15(17)20/h2-3,9-12H,4-8H2,1H3,(H,16,18). The zero-order chi connectivity index (χ0) is 14.3. The van der Waals surface area contributed by atoms with E-state index in [1.54, 1.807) is 0 Å². The lowest BCUT2D eigenvalue weighted by Gasteiger charge is -2.17. The summed E-state index contributed by atoms with van der Waals surface area (Å²) in [7, 11) is 0. The molecule has 3 aliphatic rings. The first-order valence-corrected chi connectivity index (χ1v) is 7.37. The maximum absolute atomic E-state index is 12.2. The van der Waals surface area contributed by atoms with E-state index in [-0.39, 0.29) is 42.1 Å². The van der Waals surface area contributed by atoms with E-state index >= 15 is 0 Å². The van der Waals surface area contributed by atoms with Gasteiger partial charge < -0.3 is 5.32 Å². The number of amides is 3. The Morgan fingerprint density at radius 1 is 1.25 bits per heavy atom. The average molecular weight is 276 g/mol. The summed E-state index contributed by atoms with van der Waals surface area (Å²) in [4.78, 5) is 37.5. The predicted molar refractivity (Wildman–Crippen MR) is 72.4 cm³/mol. The van der Waals surface area contributed by atoms with Gasteiger partial charge in [0, 0.05) is 6.04 Å². The summed E-state index contributed by atoms with van der Waals surface area (Å²) < 4.78 is 0. The van der Waals surface area contributed by atoms with Crippen LogP contribution in [-0.2, 0) is 14.4 Å². The number of fused-ring (bicyclic) bond motifs is 1. The first kappa shape index (κ1) is 13.3.